The van der Waals surface area contributed by atoms with Gasteiger partial charge in [0.05, 0.1) is 11.0 Å². The first-order valence-corrected chi connectivity index (χ1v) is 17.9. The first-order valence-electron chi connectivity index (χ1n) is 17.9. The number of furan rings is 3. The van der Waals surface area contributed by atoms with Crippen molar-refractivity contribution < 1.29 is 13.3 Å². The molecule has 0 amide bonds. The molecule has 0 radical (unpaired) electrons. The summed E-state index contributed by atoms with van der Waals surface area (Å²) in [5.41, 5.74) is 14.0. The van der Waals surface area contributed by atoms with E-state index in [9.17, 15) is 0 Å². The molecule has 0 saturated heterocycles. The number of benzene rings is 7. The van der Waals surface area contributed by atoms with Gasteiger partial charge in [-0.3, -0.25) is 0 Å². The maximum absolute atomic E-state index is 6.50. The quantitative estimate of drug-likeness (QED) is 0.188. The van der Waals surface area contributed by atoms with Gasteiger partial charge in [0, 0.05) is 61.4 Å². The minimum Gasteiger partial charge on any atom is -0.460 e. The largest absolute Gasteiger partial charge is 0.460 e. The van der Waals surface area contributed by atoms with Crippen LogP contribution in [0.1, 0.15) is 23.3 Å². The molecule has 4 heterocycles. The van der Waals surface area contributed by atoms with Crippen LogP contribution in [0.5, 0.6) is 0 Å². The summed E-state index contributed by atoms with van der Waals surface area (Å²) in [5.74, 6) is 1.04. The fourth-order valence-corrected chi connectivity index (χ4v) is 8.62. The molecule has 7 aromatic carbocycles. The van der Waals surface area contributed by atoms with Crippen molar-refractivity contribution in [1.29, 1.82) is 0 Å². The lowest BCUT2D eigenvalue weighted by molar-refractivity contribution is 0.547. The standard InChI is InChI=1S/C48H29NO3/c1-2-8-32(9-3-1)49-41-12-6-4-10-33(41)35-22-28(14-18-42(35)49)30-16-20-45-37(24-30)39-26-40-38-25-31(17-21-46(38)52-48(40)27-47(39)51-45)29-15-19-44-36(23-29)34-11-5-7-13-43(34)50-44/h1-15,17-19,21-27H,16,20H2. The highest BCUT2D eigenvalue weighted by molar-refractivity contribution is 6.14. The Bertz CT molecular complexity index is 3290. The molecule has 12 rings (SSSR count). The van der Waals surface area contributed by atoms with E-state index in [4.69, 9.17) is 13.3 Å². The van der Waals surface area contributed by atoms with E-state index in [1.54, 1.807) is 0 Å². The van der Waals surface area contributed by atoms with Crippen molar-refractivity contribution >= 4 is 88.3 Å². The number of fused-ring (bicyclic) bond motifs is 12. The molecule has 0 atom stereocenters. The van der Waals surface area contributed by atoms with E-state index in [1.165, 1.54) is 44.2 Å². The highest BCUT2D eigenvalue weighted by Gasteiger charge is 2.22. The van der Waals surface area contributed by atoms with Crippen LogP contribution in [0.25, 0.3) is 105 Å². The molecular formula is C48H29NO3. The molecular weight excluding hydrogens is 639 g/mol. The molecule has 0 bridgehead atoms. The molecule has 0 aliphatic heterocycles. The predicted octanol–water partition coefficient (Wildman–Crippen LogP) is 13.5. The SMILES string of the molecule is C1=C(c2ccc3c(c2)c2ccccc2n3-c2ccccc2)CCc2oc3cc4oc5ccc(-c6ccc7oc8ccccc8c7c6)cc5c4cc3c21. The van der Waals surface area contributed by atoms with Gasteiger partial charge < -0.3 is 17.8 Å². The van der Waals surface area contributed by atoms with Crippen molar-refractivity contribution in [2.45, 2.75) is 12.8 Å². The molecule has 0 saturated carbocycles. The molecule has 0 unspecified atom stereocenters. The summed E-state index contributed by atoms with van der Waals surface area (Å²) in [7, 11) is 0. The number of para-hydroxylation sites is 3. The number of hydrogen-bond donors (Lipinski definition) is 0. The summed E-state index contributed by atoms with van der Waals surface area (Å²) in [6, 6.07) is 51.8. The highest BCUT2D eigenvalue weighted by atomic mass is 16.3. The van der Waals surface area contributed by atoms with Gasteiger partial charge in [-0.15, -0.1) is 0 Å². The van der Waals surface area contributed by atoms with Crippen LogP contribution in [0.2, 0.25) is 0 Å². The summed E-state index contributed by atoms with van der Waals surface area (Å²) in [6.07, 6.45) is 4.14. The van der Waals surface area contributed by atoms with Crippen LogP contribution in [0.4, 0.5) is 0 Å². The topological polar surface area (TPSA) is 44.4 Å². The number of allylic oxidation sites excluding steroid dienone is 1. The normalized spacial score (nSPS) is 13.3. The summed E-state index contributed by atoms with van der Waals surface area (Å²) in [4.78, 5) is 0. The fourth-order valence-electron chi connectivity index (χ4n) is 8.62. The highest BCUT2D eigenvalue weighted by Crippen LogP contribution is 2.43. The van der Waals surface area contributed by atoms with Crippen LogP contribution in [0.15, 0.2) is 159 Å². The third-order valence-electron chi connectivity index (χ3n) is 11.1. The molecule has 0 N–H and O–H groups in total. The van der Waals surface area contributed by atoms with E-state index in [2.05, 4.69) is 144 Å². The van der Waals surface area contributed by atoms with Crippen LogP contribution in [-0.4, -0.2) is 4.57 Å². The van der Waals surface area contributed by atoms with Crippen molar-refractivity contribution in [3.05, 3.63) is 162 Å². The van der Waals surface area contributed by atoms with E-state index < -0.39 is 0 Å². The number of aromatic nitrogens is 1. The Labute approximate surface area is 297 Å². The van der Waals surface area contributed by atoms with Gasteiger partial charge in [-0.25, -0.2) is 0 Å². The van der Waals surface area contributed by atoms with E-state index in [1.807, 2.05) is 12.1 Å². The third-order valence-corrected chi connectivity index (χ3v) is 11.1. The van der Waals surface area contributed by atoms with Gasteiger partial charge in [-0.05, 0) is 101 Å². The number of rotatable bonds is 3. The lowest BCUT2D eigenvalue weighted by atomic mass is 9.90. The van der Waals surface area contributed by atoms with Crippen molar-refractivity contribution in [3.63, 3.8) is 0 Å². The van der Waals surface area contributed by atoms with Gasteiger partial charge in [0.15, 0.2) is 0 Å². The fraction of sp³-hybridized carbons (Fsp3) is 0.0417. The number of aryl methyl sites for hydroxylation is 1. The zero-order chi connectivity index (χ0) is 33.9. The smallest absolute Gasteiger partial charge is 0.139 e. The van der Waals surface area contributed by atoms with Crippen LogP contribution in [0, 0.1) is 0 Å². The Balaban J connectivity index is 0.983. The van der Waals surface area contributed by atoms with Gasteiger partial charge >= 0.3 is 0 Å². The lowest BCUT2D eigenvalue weighted by Crippen LogP contribution is -1.97. The van der Waals surface area contributed by atoms with Gasteiger partial charge in [-0.2, -0.15) is 0 Å². The van der Waals surface area contributed by atoms with Crippen LogP contribution < -0.4 is 0 Å². The van der Waals surface area contributed by atoms with Gasteiger partial charge in [-0.1, -0.05) is 72.8 Å². The summed E-state index contributed by atoms with van der Waals surface area (Å²) < 4.78 is 21.4. The first kappa shape index (κ1) is 28.0. The summed E-state index contributed by atoms with van der Waals surface area (Å²) >= 11 is 0. The van der Waals surface area contributed by atoms with Crippen LogP contribution in [-0.2, 0) is 6.42 Å². The molecule has 0 fully saturated rings. The van der Waals surface area contributed by atoms with Crippen molar-refractivity contribution in [2.75, 3.05) is 0 Å². The molecule has 4 aromatic heterocycles. The second-order valence-corrected chi connectivity index (χ2v) is 14.0. The van der Waals surface area contributed by atoms with Gasteiger partial charge in [0.1, 0.15) is 33.7 Å². The lowest BCUT2D eigenvalue weighted by Gasteiger charge is -2.14. The molecule has 11 aromatic rings. The van der Waals surface area contributed by atoms with Gasteiger partial charge in [0.2, 0.25) is 0 Å². The Morgan fingerprint density at radius 1 is 0.385 bits per heavy atom. The van der Waals surface area contributed by atoms with Gasteiger partial charge in [0.25, 0.3) is 0 Å². The van der Waals surface area contributed by atoms with E-state index in [0.29, 0.717) is 0 Å². The van der Waals surface area contributed by atoms with Crippen molar-refractivity contribution in [1.82, 2.24) is 4.57 Å². The second-order valence-electron chi connectivity index (χ2n) is 14.0. The Hall–Kier alpha value is -6.78. The maximum atomic E-state index is 6.50. The maximum Gasteiger partial charge on any atom is 0.139 e. The zero-order valence-corrected chi connectivity index (χ0v) is 28.0. The Morgan fingerprint density at radius 2 is 1.00 bits per heavy atom. The van der Waals surface area contributed by atoms with Crippen molar-refractivity contribution in [3.8, 4) is 16.8 Å². The third kappa shape index (κ3) is 3.97. The van der Waals surface area contributed by atoms with E-state index >= 15 is 0 Å². The van der Waals surface area contributed by atoms with Crippen molar-refractivity contribution in [2.24, 2.45) is 0 Å². The number of nitrogens with zero attached hydrogens (tertiary/aromatic N) is 1. The molecule has 4 nitrogen and oxygen atoms in total. The monoisotopic (exact) mass is 667 g/mol. The summed E-state index contributed by atoms with van der Waals surface area (Å²) in [5, 5.41) is 8.11. The predicted molar refractivity (Wildman–Crippen MR) is 213 cm³/mol. The van der Waals surface area contributed by atoms with E-state index in [-0.39, 0.29) is 0 Å². The Morgan fingerprint density at radius 3 is 1.85 bits per heavy atom. The average Bonchev–Trinajstić information content (AvgIpc) is 3.95. The van der Waals surface area contributed by atoms with Crippen LogP contribution in [0.3, 0.4) is 0 Å². The molecule has 0 spiro atoms. The van der Waals surface area contributed by atoms with E-state index in [0.717, 1.165) is 84.6 Å². The average molecular weight is 668 g/mol. The molecule has 4 heteroatoms. The Kier molecular flexibility index (Phi) is 5.58. The molecule has 1 aliphatic rings. The minimum atomic E-state index is 0.839. The molecule has 244 valence electrons. The number of hydrogen-bond acceptors (Lipinski definition) is 3. The summed E-state index contributed by atoms with van der Waals surface area (Å²) in [6.45, 7) is 0. The molecule has 52 heavy (non-hydrogen) atoms. The minimum absolute atomic E-state index is 0.839. The van der Waals surface area contributed by atoms with Crippen LogP contribution >= 0.6 is 0 Å². The first-order chi connectivity index (χ1) is 25.7. The second kappa shape index (κ2) is 10.4. The zero-order valence-electron chi connectivity index (χ0n) is 28.0. The molecule has 1 aliphatic carbocycles.